The molecule has 0 bridgehead atoms. The lowest BCUT2D eigenvalue weighted by Gasteiger charge is -2.30. The average Bonchev–Trinajstić information content (AvgIpc) is 2.73. The van der Waals surface area contributed by atoms with Gasteiger partial charge in [-0.2, -0.15) is 5.10 Å². The number of nitrogens with zero attached hydrogens (tertiary/aromatic N) is 3. The van der Waals surface area contributed by atoms with E-state index in [-0.39, 0.29) is 5.84 Å². The minimum atomic E-state index is 0.0828. The minimum absolute atomic E-state index is 0.0828. The third-order valence-corrected chi connectivity index (χ3v) is 4.21. The molecule has 1 aliphatic heterocycles. The number of amidine groups is 1. The zero-order valence-corrected chi connectivity index (χ0v) is 12.2. The predicted molar refractivity (Wildman–Crippen MR) is 77.8 cm³/mol. The van der Waals surface area contributed by atoms with Crippen LogP contribution in [0.2, 0.25) is 0 Å². The first-order valence-electron chi connectivity index (χ1n) is 6.94. The summed E-state index contributed by atoms with van der Waals surface area (Å²) in [5.74, 6) is 0.868. The molecule has 1 aliphatic rings. The van der Waals surface area contributed by atoms with E-state index in [9.17, 15) is 0 Å². The molecule has 19 heavy (non-hydrogen) atoms. The number of hydrogen-bond donors (Lipinski definition) is 2. The van der Waals surface area contributed by atoms with Crippen LogP contribution in [-0.4, -0.2) is 28.1 Å². The smallest absolute Gasteiger partial charge is 0.163 e. The molecule has 5 nitrogen and oxygen atoms in total. The van der Waals surface area contributed by atoms with Crippen molar-refractivity contribution in [3.8, 4) is 0 Å². The molecule has 1 aromatic heterocycles. The molecule has 0 aliphatic carbocycles. The molecule has 1 aromatic rings. The predicted octanol–water partition coefficient (Wildman–Crippen LogP) is 2.14. The van der Waals surface area contributed by atoms with Crippen molar-refractivity contribution in [1.29, 1.82) is 5.41 Å². The van der Waals surface area contributed by atoms with Gasteiger partial charge in [0.2, 0.25) is 0 Å². The Morgan fingerprint density at radius 3 is 2.63 bits per heavy atom. The van der Waals surface area contributed by atoms with E-state index in [4.69, 9.17) is 11.1 Å². The third kappa shape index (κ3) is 2.29. The van der Waals surface area contributed by atoms with Gasteiger partial charge < -0.3 is 10.6 Å². The first-order chi connectivity index (χ1) is 8.97. The lowest BCUT2D eigenvalue weighted by molar-refractivity contribution is 0.615. The monoisotopic (exact) mass is 261 g/mol. The van der Waals surface area contributed by atoms with Crippen LogP contribution in [0.3, 0.4) is 0 Å². The summed E-state index contributed by atoms with van der Waals surface area (Å²) in [6.07, 6.45) is 3.41. The maximum Gasteiger partial charge on any atom is 0.163 e. The Bertz CT molecular complexity index is 497. The highest BCUT2D eigenvalue weighted by Crippen LogP contribution is 2.33. The normalized spacial score (nSPS) is 22.8. The molecule has 2 heterocycles. The van der Waals surface area contributed by atoms with Crippen molar-refractivity contribution in [2.75, 3.05) is 4.90 Å². The van der Waals surface area contributed by atoms with E-state index in [0.29, 0.717) is 12.1 Å². The van der Waals surface area contributed by atoms with Crippen LogP contribution in [0.5, 0.6) is 0 Å². The molecular weight excluding hydrogens is 238 g/mol. The third-order valence-electron chi connectivity index (χ3n) is 4.21. The molecule has 0 saturated carbocycles. The Balaban J connectivity index is 2.55. The second-order valence-corrected chi connectivity index (χ2v) is 5.42. The number of aryl methyl sites for hydroxylation is 1. The molecule has 104 valence electrons. The maximum absolute atomic E-state index is 7.85. The van der Waals surface area contributed by atoms with E-state index in [1.165, 1.54) is 6.42 Å². The highest BCUT2D eigenvalue weighted by Gasteiger charge is 2.33. The molecule has 3 N–H and O–H groups in total. The summed E-state index contributed by atoms with van der Waals surface area (Å²) in [6.45, 7) is 8.27. The van der Waals surface area contributed by atoms with Crippen LogP contribution in [0.15, 0.2) is 0 Å². The van der Waals surface area contributed by atoms with Crippen LogP contribution in [0, 0.1) is 19.3 Å². The van der Waals surface area contributed by atoms with Gasteiger partial charge in [0.15, 0.2) is 5.82 Å². The summed E-state index contributed by atoms with van der Waals surface area (Å²) in [7, 11) is 0. The van der Waals surface area contributed by atoms with Crippen LogP contribution in [0.4, 0.5) is 5.82 Å². The molecule has 1 saturated heterocycles. The van der Waals surface area contributed by atoms with Gasteiger partial charge in [-0.3, -0.25) is 5.41 Å². The SMILES string of the molecule is CCC1CCC(C)N1c1nnc(C)c(C)c1C(=N)N. The highest BCUT2D eigenvalue weighted by molar-refractivity contribution is 6.01. The first kappa shape index (κ1) is 13.8. The molecule has 1 fully saturated rings. The Morgan fingerprint density at radius 2 is 2.05 bits per heavy atom. The molecule has 0 amide bonds. The fourth-order valence-electron chi connectivity index (χ4n) is 2.95. The number of rotatable bonds is 3. The van der Waals surface area contributed by atoms with E-state index in [1.54, 1.807) is 0 Å². The van der Waals surface area contributed by atoms with Crippen LogP contribution in [0.25, 0.3) is 0 Å². The number of hydrogen-bond acceptors (Lipinski definition) is 4. The summed E-state index contributed by atoms with van der Waals surface area (Å²) in [5.41, 5.74) is 8.33. The lowest BCUT2D eigenvalue weighted by Crippen LogP contribution is -2.37. The minimum Gasteiger partial charge on any atom is -0.384 e. The zero-order chi connectivity index (χ0) is 14.2. The lowest BCUT2D eigenvalue weighted by atomic mass is 10.1. The van der Waals surface area contributed by atoms with Crippen LogP contribution >= 0.6 is 0 Å². The second kappa shape index (κ2) is 5.15. The first-order valence-corrected chi connectivity index (χ1v) is 6.94. The Kier molecular flexibility index (Phi) is 3.73. The maximum atomic E-state index is 7.85. The summed E-state index contributed by atoms with van der Waals surface area (Å²) in [5, 5.41) is 16.4. The van der Waals surface area contributed by atoms with Crippen LogP contribution < -0.4 is 10.6 Å². The number of nitrogens with two attached hydrogens (primary N) is 1. The number of anilines is 1. The van der Waals surface area contributed by atoms with Crippen molar-refractivity contribution in [3.63, 3.8) is 0 Å². The van der Waals surface area contributed by atoms with E-state index < -0.39 is 0 Å². The Hall–Kier alpha value is -1.65. The van der Waals surface area contributed by atoms with Crippen molar-refractivity contribution < 1.29 is 0 Å². The summed E-state index contributed by atoms with van der Waals surface area (Å²) in [6, 6.07) is 0.906. The number of aromatic nitrogens is 2. The molecule has 0 spiro atoms. The van der Waals surface area contributed by atoms with Crippen molar-refractivity contribution in [3.05, 3.63) is 16.8 Å². The van der Waals surface area contributed by atoms with E-state index >= 15 is 0 Å². The van der Waals surface area contributed by atoms with Gasteiger partial charge in [0.1, 0.15) is 5.84 Å². The summed E-state index contributed by atoms with van der Waals surface area (Å²) < 4.78 is 0. The molecule has 2 rings (SSSR count). The summed E-state index contributed by atoms with van der Waals surface area (Å²) in [4.78, 5) is 2.30. The van der Waals surface area contributed by atoms with Gasteiger partial charge in [0, 0.05) is 12.1 Å². The molecule has 2 atom stereocenters. The molecule has 0 aromatic carbocycles. The quantitative estimate of drug-likeness (QED) is 0.645. The van der Waals surface area contributed by atoms with Crippen molar-refractivity contribution in [1.82, 2.24) is 10.2 Å². The van der Waals surface area contributed by atoms with Crippen molar-refractivity contribution in [2.24, 2.45) is 5.73 Å². The van der Waals surface area contributed by atoms with Gasteiger partial charge in [-0.1, -0.05) is 6.92 Å². The van der Waals surface area contributed by atoms with E-state index in [0.717, 1.165) is 35.5 Å². The number of nitrogens with one attached hydrogen (secondary N) is 1. The van der Waals surface area contributed by atoms with Crippen molar-refractivity contribution in [2.45, 2.75) is 59.0 Å². The standard InChI is InChI=1S/C14H23N5/c1-5-11-7-6-8(2)19(11)14-12(13(15)16)9(3)10(4)17-18-14/h8,11H,5-7H2,1-4H3,(H3,15,16). The van der Waals surface area contributed by atoms with Crippen LogP contribution in [-0.2, 0) is 0 Å². The van der Waals surface area contributed by atoms with Gasteiger partial charge in [-0.15, -0.1) is 5.10 Å². The van der Waals surface area contributed by atoms with E-state index in [1.807, 2.05) is 13.8 Å². The number of nitrogen functional groups attached to an aromatic ring is 1. The van der Waals surface area contributed by atoms with Gasteiger partial charge >= 0.3 is 0 Å². The largest absolute Gasteiger partial charge is 0.384 e. The van der Waals surface area contributed by atoms with Gasteiger partial charge in [0.05, 0.1) is 11.3 Å². The summed E-state index contributed by atoms with van der Waals surface area (Å²) >= 11 is 0. The Labute approximate surface area is 114 Å². The molecule has 2 unspecified atom stereocenters. The fraction of sp³-hybridized carbons (Fsp3) is 0.643. The Morgan fingerprint density at radius 1 is 1.37 bits per heavy atom. The van der Waals surface area contributed by atoms with Gasteiger partial charge in [0.25, 0.3) is 0 Å². The molecule has 0 radical (unpaired) electrons. The average molecular weight is 261 g/mol. The molecular formula is C14H23N5. The fourth-order valence-corrected chi connectivity index (χ4v) is 2.95. The van der Waals surface area contributed by atoms with Crippen molar-refractivity contribution >= 4 is 11.7 Å². The van der Waals surface area contributed by atoms with Gasteiger partial charge in [-0.05, 0) is 45.6 Å². The van der Waals surface area contributed by atoms with Crippen LogP contribution in [0.1, 0.15) is 49.9 Å². The van der Waals surface area contributed by atoms with E-state index in [2.05, 4.69) is 28.9 Å². The highest BCUT2D eigenvalue weighted by atomic mass is 15.3. The second-order valence-electron chi connectivity index (χ2n) is 5.42. The zero-order valence-electron chi connectivity index (χ0n) is 12.2. The topological polar surface area (TPSA) is 78.9 Å². The molecule has 5 heteroatoms. The van der Waals surface area contributed by atoms with Gasteiger partial charge in [-0.25, -0.2) is 0 Å².